The van der Waals surface area contributed by atoms with Crippen LogP contribution in [0.3, 0.4) is 0 Å². The van der Waals surface area contributed by atoms with Gasteiger partial charge in [0.25, 0.3) is 0 Å². The maximum absolute atomic E-state index is 10.5. The van der Waals surface area contributed by atoms with E-state index in [0.717, 1.165) is 23.2 Å². The maximum Gasteiger partial charge on any atom is 0.313 e. The lowest BCUT2D eigenvalue weighted by atomic mass is 10.3. The van der Waals surface area contributed by atoms with Gasteiger partial charge in [0.05, 0.1) is 11.9 Å². The first-order valence-electron chi connectivity index (χ1n) is 6.25. The summed E-state index contributed by atoms with van der Waals surface area (Å²) in [4.78, 5) is 10.5. The predicted molar refractivity (Wildman–Crippen MR) is 83.8 cm³/mol. The molecule has 2 N–H and O–H groups in total. The molecule has 0 aliphatic carbocycles. The minimum atomic E-state index is -0.870. The standard InChI is InChI=1S/C13H15N3O3S2/c1-8(2)19-10-5-3-9(4-6-10)14-12-15-16-13(21-12)20-7-11(17)18/h3-6,8H,7H2,1-2H3,(H,14,15)(H,17,18). The number of carboxylic acid groups (broad SMARTS) is 1. The molecular formula is C13H15N3O3S2. The highest BCUT2D eigenvalue weighted by Gasteiger charge is 2.07. The van der Waals surface area contributed by atoms with Crippen molar-refractivity contribution in [3.8, 4) is 5.75 Å². The zero-order chi connectivity index (χ0) is 15.2. The Kier molecular flexibility index (Phi) is 5.40. The average Bonchev–Trinajstić information content (AvgIpc) is 2.86. The number of anilines is 2. The van der Waals surface area contributed by atoms with Crippen molar-refractivity contribution in [3.05, 3.63) is 24.3 Å². The van der Waals surface area contributed by atoms with Gasteiger partial charge in [-0.25, -0.2) is 0 Å². The average molecular weight is 325 g/mol. The molecule has 0 saturated carbocycles. The number of aromatic nitrogens is 2. The number of nitrogens with one attached hydrogen (secondary N) is 1. The summed E-state index contributed by atoms with van der Waals surface area (Å²) in [6.07, 6.45) is 0.140. The quantitative estimate of drug-likeness (QED) is 0.756. The summed E-state index contributed by atoms with van der Waals surface area (Å²) in [5, 5.41) is 20.3. The van der Waals surface area contributed by atoms with Crippen molar-refractivity contribution in [2.45, 2.75) is 24.3 Å². The van der Waals surface area contributed by atoms with E-state index in [2.05, 4.69) is 15.5 Å². The summed E-state index contributed by atoms with van der Waals surface area (Å²) in [6, 6.07) is 7.54. The molecule has 0 radical (unpaired) electrons. The van der Waals surface area contributed by atoms with Gasteiger partial charge >= 0.3 is 5.97 Å². The van der Waals surface area contributed by atoms with Crippen LogP contribution < -0.4 is 10.1 Å². The van der Waals surface area contributed by atoms with Crippen molar-refractivity contribution in [2.24, 2.45) is 0 Å². The molecule has 112 valence electrons. The van der Waals surface area contributed by atoms with Crippen molar-refractivity contribution in [2.75, 3.05) is 11.1 Å². The van der Waals surface area contributed by atoms with Crippen molar-refractivity contribution in [1.29, 1.82) is 0 Å². The van der Waals surface area contributed by atoms with Crippen LogP contribution in [0.5, 0.6) is 5.75 Å². The van der Waals surface area contributed by atoms with E-state index in [1.165, 1.54) is 11.3 Å². The van der Waals surface area contributed by atoms with Crippen LogP contribution in [0.25, 0.3) is 0 Å². The smallest absolute Gasteiger partial charge is 0.313 e. The molecule has 0 unspecified atom stereocenters. The lowest BCUT2D eigenvalue weighted by Crippen LogP contribution is -2.05. The Balaban J connectivity index is 1.93. The van der Waals surface area contributed by atoms with E-state index in [1.807, 2.05) is 38.1 Å². The molecule has 0 aliphatic rings. The largest absolute Gasteiger partial charge is 0.491 e. The van der Waals surface area contributed by atoms with Gasteiger partial charge in [0.2, 0.25) is 5.13 Å². The third kappa shape index (κ3) is 5.24. The summed E-state index contributed by atoms with van der Waals surface area (Å²) in [5.41, 5.74) is 0.872. The minimum Gasteiger partial charge on any atom is -0.491 e. The summed E-state index contributed by atoms with van der Waals surface area (Å²) in [7, 11) is 0. The van der Waals surface area contributed by atoms with Gasteiger partial charge in [-0.2, -0.15) is 0 Å². The van der Waals surface area contributed by atoms with E-state index in [4.69, 9.17) is 9.84 Å². The number of benzene rings is 1. The second-order valence-corrected chi connectivity index (χ2v) is 6.57. The summed E-state index contributed by atoms with van der Waals surface area (Å²) in [5.74, 6) is -0.0773. The molecule has 21 heavy (non-hydrogen) atoms. The van der Waals surface area contributed by atoms with Gasteiger partial charge < -0.3 is 15.2 Å². The highest BCUT2D eigenvalue weighted by atomic mass is 32.2. The van der Waals surface area contributed by atoms with Crippen LogP contribution in [0, 0.1) is 0 Å². The van der Waals surface area contributed by atoms with Crippen molar-refractivity contribution in [1.82, 2.24) is 10.2 Å². The highest BCUT2D eigenvalue weighted by molar-refractivity contribution is 8.01. The van der Waals surface area contributed by atoms with Gasteiger partial charge in [-0.05, 0) is 38.1 Å². The Bertz CT molecular complexity index is 599. The fourth-order valence-electron chi connectivity index (χ4n) is 1.45. The first-order valence-corrected chi connectivity index (χ1v) is 8.05. The Morgan fingerprint density at radius 2 is 2.10 bits per heavy atom. The topological polar surface area (TPSA) is 84.3 Å². The van der Waals surface area contributed by atoms with E-state index in [9.17, 15) is 4.79 Å². The molecule has 1 heterocycles. The van der Waals surface area contributed by atoms with Crippen molar-refractivity contribution < 1.29 is 14.6 Å². The molecule has 0 spiro atoms. The normalized spacial score (nSPS) is 10.6. The molecule has 2 aromatic rings. The SMILES string of the molecule is CC(C)Oc1ccc(Nc2nnc(SCC(=O)O)s2)cc1. The maximum atomic E-state index is 10.5. The Labute approximate surface area is 130 Å². The first kappa shape index (κ1) is 15.6. The minimum absolute atomic E-state index is 0.0180. The molecule has 1 aromatic heterocycles. The van der Waals surface area contributed by atoms with Crippen LogP contribution in [0.15, 0.2) is 28.6 Å². The summed E-state index contributed by atoms with van der Waals surface area (Å²) >= 11 is 2.47. The van der Waals surface area contributed by atoms with Crippen molar-refractivity contribution >= 4 is 39.9 Å². The van der Waals surface area contributed by atoms with Gasteiger partial charge in [-0.15, -0.1) is 10.2 Å². The second kappa shape index (κ2) is 7.28. The van der Waals surface area contributed by atoms with Crippen LogP contribution in [0.2, 0.25) is 0 Å². The zero-order valence-electron chi connectivity index (χ0n) is 11.6. The molecule has 0 bridgehead atoms. The lowest BCUT2D eigenvalue weighted by molar-refractivity contribution is -0.133. The third-order valence-corrected chi connectivity index (χ3v) is 4.16. The first-order chi connectivity index (χ1) is 10.0. The Morgan fingerprint density at radius 3 is 2.71 bits per heavy atom. The van der Waals surface area contributed by atoms with E-state index in [1.54, 1.807) is 0 Å². The summed E-state index contributed by atoms with van der Waals surface area (Å²) in [6.45, 7) is 3.95. The van der Waals surface area contributed by atoms with Crippen LogP contribution >= 0.6 is 23.1 Å². The number of hydrogen-bond donors (Lipinski definition) is 2. The van der Waals surface area contributed by atoms with Crippen LogP contribution in [0.4, 0.5) is 10.8 Å². The monoisotopic (exact) mass is 325 g/mol. The molecule has 0 fully saturated rings. The Hall–Kier alpha value is -1.80. The highest BCUT2D eigenvalue weighted by Crippen LogP contribution is 2.28. The number of ether oxygens (including phenoxy) is 1. The van der Waals surface area contributed by atoms with Crippen molar-refractivity contribution in [3.63, 3.8) is 0 Å². The van der Waals surface area contributed by atoms with E-state index < -0.39 is 5.97 Å². The number of thioether (sulfide) groups is 1. The fraction of sp³-hybridized carbons (Fsp3) is 0.308. The number of carbonyl (C=O) groups is 1. The number of hydrogen-bond acceptors (Lipinski definition) is 7. The van der Waals surface area contributed by atoms with Crippen LogP contribution in [0.1, 0.15) is 13.8 Å². The number of aliphatic carboxylic acids is 1. The van der Waals surface area contributed by atoms with E-state index >= 15 is 0 Å². The number of rotatable bonds is 7. The van der Waals surface area contributed by atoms with Crippen LogP contribution in [-0.2, 0) is 4.79 Å². The summed E-state index contributed by atoms with van der Waals surface area (Å²) < 4.78 is 6.19. The molecule has 2 rings (SSSR count). The molecule has 0 aliphatic heterocycles. The van der Waals surface area contributed by atoms with Crippen LogP contribution in [-0.4, -0.2) is 33.1 Å². The molecule has 1 aromatic carbocycles. The molecule has 6 nitrogen and oxygen atoms in total. The van der Waals surface area contributed by atoms with Gasteiger partial charge in [-0.3, -0.25) is 4.79 Å². The zero-order valence-corrected chi connectivity index (χ0v) is 13.2. The van der Waals surface area contributed by atoms with Gasteiger partial charge in [0, 0.05) is 5.69 Å². The molecule has 8 heteroatoms. The van der Waals surface area contributed by atoms with E-state index in [-0.39, 0.29) is 11.9 Å². The van der Waals surface area contributed by atoms with E-state index in [0.29, 0.717) is 9.47 Å². The fourth-order valence-corrected chi connectivity index (χ4v) is 2.95. The third-order valence-electron chi connectivity index (χ3n) is 2.20. The van der Waals surface area contributed by atoms with Gasteiger partial charge in [0.15, 0.2) is 4.34 Å². The molecule has 0 amide bonds. The number of carboxylic acids is 1. The van der Waals surface area contributed by atoms with Gasteiger partial charge in [0.1, 0.15) is 5.75 Å². The molecule has 0 atom stereocenters. The predicted octanol–water partition coefficient (Wildman–Crippen LogP) is 3.25. The molecule has 0 saturated heterocycles. The Morgan fingerprint density at radius 1 is 1.38 bits per heavy atom. The molecular weight excluding hydrogens is 310 g/mol. The second-order valence-electron chi connectivity index (χ2n) is 4.37. The van der Waals surface area contributed by atoms with Gasteiger partial charge in [-0.1, -0.05) is 23.1 Å². The number of nitrogens with zero attached hydrogens (tertiary/aromatic N) is 2. The lowest BCUT2D eigenvalue weighted by Gasteiger charge is -2.10.